The lowest BCUT2D eigenvalue weighted by Gasteiger charge is -2.04. The van der Waals surface area contributed by atoms with Crippen molar-refractivity contribution in [3.05, 3.63) is 29.8 Å². The molecule has 15 heavy (non-hydrogen) atoms. The molecule has 0 saturated heterocycles. The Morgan fingerprint density at radius 2 is 1.67 bits per heavy atom. The van der Waals surface area contributed by atoms with Crippen LogP contribution in [0.15, 0.2) is 24.3 Å². The minimum absolute atomic E-state index is 0.264. The molecule has 0 fully saturated rings. The first-order valence-electron chi connectivity index (χ1n) is 4.79. The Morgan fingerprint density at radius 1 is 1.13 bits per heavy atom. The van der Waals surface area contributed by atoms with E-state index in [0.717, 1.165) is 0 Å². The summed E-state index contributed by atoms with van der Waals surface area (Å²) < 4.78 is 4.96. The number of Topliss-reactive ketones (excluding diaryl/α,β-unsaturated/α-hetero) is 2. The molecule has 1 aromatic rings. The minimum Gasteiger partial charge on any atom is -0.497 e. The van der Waals surface area contributed by atoms with E-state index in [0.29, 0.717) is 11.3 Å². The molecule has 0 unspecified atom stereocenters. The standard InChI is InChI=1S/C12H14O3/c1-8(2)11(13)12(14)9-4-6-10(15-3)7-5-9/h4-8H,1-3H3. The number of hydrogen-bond acceptors (Lipinski definition) is 3. The van der Waals surface area contributed by atoms with E-state index in [4.69, 9.17) is 4.74 Å². The van der Waals surface area contributed by atoms with E-state index in [1.54, 1.807) is 45.2 Å². The van der Waals surface area contributed by atoms with Crippen LogP contribution in [0.4, 0.5) is 0 Å². The second kappa shape index (κ2) is 4.73. The molecule has 0 spiro atoms. The summed E-state index contributed by atoms with van der Waals surface area (Å²) >= 11 is 0. The molecule has 0 bridgehead atoms. The second-order valence-corrected chi connectivity index (χ2v) is 3.58. The molecule has 0 aliphatic heterocycles. The van der Waals surface area contributed by atoms with Gasteiger partial charge >= 0.3 is 0 Å². The predicted molar refractivity (Wildman–Crippen MR) is 57.2 cm³/mol. The maximum absolute atomic E-state index is 11.6. The second-order valence-electron chi connectivity index (χ2n) is 3.58. The summed E-state index contributed by atoms with van der Waals surface area (Å²) in [4.78, 5) is 23.0. The zero-order valence-corrected chi connectivity index (χ0v) is 9.11. The van der Waals surface area contributed by atoms with Gasteiger partial charge in [0.2, 0.25) is 11.6 Å². The van der Waals surface area contributed by atoms with Crippen molar-refractivity contribution >= 4 is 11.6 Å². The summed E-state index contributed by atoms with van der Waals surface area (Å²) in [5.41, 5.74) is 0.412. The third-order valence-electron chi connectivity index (χ3n) is 2.10. The van der Waals surface area contributed by atoms with Crippen LogP contribution in [0, 0.1) is 5.92 Å². The lowest BCUT2D eigenvalue weighted by atomic mass is 10.00. The number of methoxy groups -OCH3 is 1. The Kier molecular flexibility index (Phi) is 3.61. The Labute approximate surface area is 89.1 Å². The van der Waals surface area contributed by atoms with Crippen LogP contribution in [-0.4, -0.2) is 18.7 Å². The highest BCUT2D eigenvalue weighted by atomic mass is 16.5. The summed E-state index contributed by atoms with van der Waals surface area (Å²) in [7, 11) is 1.55. The van der Waals surface area contributed by atoms with Gasteiger partial charge in [-0.25, -0.2) is 0 Å². The van der Waals surface area contributed by atoms with Gasteiger partial charge in [-0.1, -0.05) is 13.8 Å². The van der Waals surface area contributed by atoms with Crippen LogP contribution in [0.2, 0.25) is 0 Å². The zero-order valence-electron chi connectivity index (χ0n) is 9.11. The summed E-state index contributed by atoms with van der Waals surface area (Å²) in [5, 5.41) is 0. The predicted octanol–water partition coefficient (Wildman–Crippen LogP) is 2.10. The molecule has 3 nitrogen and oxygen atoms in total. The third-order valence-corrected chi connectivity index (χ3v) is 2.10. The first kappa shape index (κ1) is 11.4. The molecule has 3 heteroatoms. The molecule has 0 aliphatic rings. The minimum atomic E-state index is -0.437. The van der Waals surface area contributed by atoms with Crippen LogP contribution >= 0.6 is 0 Å². The van der Waals surface area contributed by atoms with Gasteiger partial charge < -0.3 is 4.74 Å². The fourth-order valence-corrected chi connectivity index (χ4v) is 1.15. The fraction of sp³-hybridized carbons (Fsp3) is 0.333. The number of hydrogen-bond donors (Lipinski definition) is 0. The molecule has 1 aromatic carbocycles. The Hall–Kier alpha value is -1.64. The van der Waals surface area contributed by atoms with Crippen molar-refractivity contribution in [2.24, 2.45) is 5.92 Å². The maximum Gasteiger partial charge on any atom is 0.228 e. The molecule has 0 saturated carbocycles. The topological polar surface area (TPSA) is 43.4 Å². The molecule has 0 N–H and O–H groups in total. The van der Waals surface area contributed by atoms with Gasteiger partial charge in [-0.15, -0.1) is 0 Å². The highest BCUT2D eigenvalue weighted by molar-refractivity contribution is 6.44. The van der Waals surface area contributed by atoms with Gasteiger partial charge in [0.05, 0.1) is 7.11 Å². The first-order valence-corrected chi connectivity index (χ1v) is 4.79. The van der Waals surface area contributed by atoms with Crippen LogP contribution in [0.5, 0.6) is 5.75 Å². The molecule has 1 rings (SSSR count). The van der Waals surface area contributed by atoms with Crippen molar-refractivity contribution in [2.45, 2.75) is 13.8 Å². The molecular formula is C12H14O3. The Balaban J connectivity index is 2.88. The summed E-state index contributed by atoms with van der Waals surface area (Å²) in [6.45, 7) is 3.42. The van der Waals surface area contributed by atoms with Gasteiger partial charge in [0.15, 0.2) is 0 Å². The van der Waals surface area contributed by atoms with E-state index in [-0.39, 0.29) is 11.7 Å². The van der Waals surface area contributed by atoms with Crippen molar-refractivity contribution < 1.29 is 14.3 Å². The monoisotopic (exact) mass is 206 g/mol. The largest absolute Gasteiger partial charge is 0.497 e. The van der Waals surface area contributed by atoms with Crippen LogP contribution < -0.4 is 4.74 Å². The van der Waals surface area contributed by atoms with E-state index in [9.17, 15) is 9.59 Å². The SMILES string of the molecule is COc1ccc(C(=O)C(=O)C(C)C)cc1. The van der Waals surface area contributed by atoms with Gasteiger partial charge in [0, 0.05) is 11.5 Å². The van der Waals surface area contributed by atoms with Gasteiger partial charge in [-0.2, -0.15) is 0 Å². The highest BCUT2D eigenvalue weighted by Gasteiger charge is 2.18. The Morgan fingerprint density at radius 3 is 2.07 bits per heavy atom. The molecule has 0 heterocycles. The van der Waals surface area contributed by atoms with Gasteiger partial charge in [0.25, 0.3) is 0 Å². The quantitative estimate of drug-likeness (QED) is 0.559. The summed E-state index contributed by atoms with van der Waals surface area (Å²) in [6, 6.07) is 6.53. The molecule has 0 atom stereocenters. The maximum atomic E-state index is 11.6. The average molecular weight is 206 g/mol. The van der Waals surface area contributed by atoms with E-state index in [1.807, 2.05) is 0 Å². The smallest absolute Gasteiger partial charge is 0.228 e. The fourth-order valence-electron chi connectivity index (χ4n) is 1.15. The van der Waals surface area contributed by atoms with Crippen LogP contribution in [-0.2, 0) is 4.79 Å². The van der Waals surface area contributed by atoms with Crippen LogP contribution in [0.25, 0.3) is 0 Å². The number of carbonyl (C=O) groups excluding carboxylic acids is 2. The first-order chi connectivity index (χ1) is 7.06. The number of benzene rings is 1. The average Bonchev–Trinajstić information content (AvgIpc) is 2.27. The zero-order chi connectivity index (χ0) is 11.4. The highest BCUT2D eigenvalue weighted by Crippen LogP contribution is 2.13. The summed E-state index contributed by atoms with van der Waals surface area (Å²) in [6.07, 6.45) is 0. The van der Waals surface area contributed by atoms with Crippen molar-refractivity contribution in [3.63, 3.8) is 0 Å². The lowest BCUT2D eigenvalue weighted by molar-refractivity contribution is -0.117. The molecule has 0 aliphatic carbocycles. The number of rotatable bonds is 4. The lowest BCUT2D eigenvalue weighted by Crippen LogP contribution is -2.19. The molecular weight excluding hydrogens is 192 g/mol. The van der Waals surface area contributed by atoms with Gasteiger partial charge in [0.1, 0.15) is 5.75 Å². The molecule has 0 aromatic heterocycles. The third kappa shape index (κ3) is 2.65. The van der Waals surface area contributed by atoms with Crippen molar-refractivity contribution in [1.29, 1.82) is 0 Å². The van der Waals surface area contributed by atoms with E-state index in [1.165, 1.54) is 0 Å². The van der Waals surface area contributed by atoms with Crippen molar-refractivity contribution in [1.82, 2.24) is 0 Å². The van der Waals surface area contributed by atoms with E-state index >= 15 is 0 Å². The van der Waals surface area contributed by atoms with E-state index in [2.05, 4.69) is 0 Å². The van der Waals surface area contributed by atoms with Gasteiger partial charge in [-0.3, -0.25) is 9.59 Å². The number of carbonyl (C=O) groups is 2. The molecule has 0 radical (unpaired) electrons. The van der Waals surface area contributed by atoms with Crippen LogP contribution in [0.3, 0.4) is 0 Å². The normalized spacial score (nSPS) is 10.1. The van der Waals surface area contributed by atoms with Gasteiger partial charge in [-0.05, 0) is 24.3 Å². The summed E-state index contributed by atoms with van der Waals surface area (Å²) in [5.74, 6) is -0.393. The molecule has 80 valence electrons. The van der Waals surface area contributed by atoms with E-state index < -0.39 is 5.78 Å². The Bertz CT molecular complexity index is 363. The van der Waals surface area contributed by atoms with Crippen molar-refractivity contribution in [2.75, 3.05) is 7.11 Å². The number of ether oxygens (including phenoxy) is 1. The van der Waals surface area contributed by atoms with Crippen LogP contribution in [0.1, 0.15) is 24.2 Å². The van der Waals surface area contributed by atoms with Crippen molar-refractivity contribution in [3.8, 4) is 5.75 Å². The number of ketones is 2. The molecule has 0 amide bonds.